The minimum absolute atomic E-state index is 0. The first-order valence-electron chi connectivity index (χ1n) is 23.2. The molecule has 0 aromatic heterocycles. The fraction of sp³-hybridized carbons (Fsp3) is 0.500. The van der Waals surface area contributed by atoms with Gasteiger partial charge in [0.1, 0.15) is 23.5 Å². The Hall–Kier alpha value is -4.98. The maximum Gasteiger partial charge on any atom is 0.150 e. The van der Waals surface area contributed by atoms with Crippen molar-refractivity contribution in [3.05, 3.63) is 125 Å². The summed E-state index contributed by atoms with van der Waals surface area (Å²) < 4.78 is 15.2. The van der Waals surface area contributed by atoms with Crippen LogP contribution in [0.25, 0.3) is 0 Å². The van der Waals surface area contributed by atoms with Gasteiger partial charge in [-0.3, -0.25) is 4.79 Å². The minimum atomic E-state index is -0.860. The van der Waals surface area contributed by atoms with Crippen LogP contribution in [0.5, 0.6) is 17.2 Å². The number of hydrogen-bond donors (Lipinski definition) is 5. The highest BCUT2D eigenvalue weighted by atomic mass is 35.5. The number of ether oxygens (including phenoxy) is 3. The molecular formula is C54H73ClN4O7. The predicted molar refractivity (Wildman–Crippen MR) is 263 cm³/mol. The zero-order chi connectivity index (χ0) is 47.1. The second kappa shape index (κ2) is 28.3. The van der Waals surface area contributed by atoms with Crippen LogP contribution in [-0.4, -0.2) is 72.8 Å². The molecule has 66 heavy (non-hydrogen) atoms. The van der Waals surface area contributed by atoms with Crippen molar-refractivity contribution in [3.63, 3.8) is 0 Å². The molecule has 0 heterocycles. The molecule has 0 bridgehead atoms. The van der Waals surface area contributed by atoms with Crippen LogP contribution >= 0.6 is 12.4 Å². The van der Waals surface area contributed by atoms with Crippen LogP contribution in [0.1, 0.15) is 147 Å². The molecule has 4 aromatic carbocycles. The lowest BCUT2D eigenvalue weighted by Crippen LogP contribution is -2.41. The van der Waals surface area contributed by atoms with E-state index in [9.17, 15) is 25.4 Å². The number of carbonyl (C=O) groups excluding carboxylic acids is 1. The summed E-state index contributed by atoms with van der Waals surface area (Å²) in [6, 6.07) is 34.6. The fourth-order valence-electron chi connectivity index (χ4n) is 9.59. The number of methoxy groups -OCH3 is 3. The van der Waals surface area contributed by atoms with Gasteiger partial charge in [0.25, 0.3) is 0 Å². The molecule has 7 rings (SSSR count). The highest BCUT2D eigenvalue weighted by Crippen LogP contribution is 2.42. The normalized spacial score (nSPS) is 18.0. The maximum absolute atomic E-state index is 10.8. The van der Waals surface area contributed by atoms with Crippen molar-refractivity contribution in [2.45, 2.75) is 137 Å². The molecule has 0 amide bonds. The van der Waals surface area contributed by atoms with E-state index in [-0.39, 0.29) is 24.2 Å². The molecule has 4 aromatic rings. The van der Waals surface area contributed by atoms with Gasteiger partial charge in [-0.1, -0.05) is 118 Å². The zero-order valence-electron chi connectivity index (χ0n) is 39.2. The molecule has 3 fully saturated rings. The summed E-state index contributed by atoms with van der Waals surface area (Å²) in [4.78, 5) is 10.6. The van der Waals surface area contributed by atoms with Gasteiger partial charge in [0, 0.05) is 30.5 Å². The van der Waals surface area contributed by atoms with Gasteiger partial charge in [0.2, 0.25) is 0 Å². The first-order valence-corrected chi connectivity index (χ1v) is 23.2. The number of nitrogens with two attached hydrogens (primary N) is 2. The van der Waals surface area contributed by atoms with Crippen LogP contribution in [0.4, 0.5) is 0 Å². The number of nitriles is 2. The average Bonchev–Trinajstić information content (AvgIpc) is 3.34. The van der Waals surface area contributed by atoms with Crippen molar-refractivity contribution >= 4 is 18.7 Å². The number of hydrogen-bond acceptors (Lipinski definition) is 11. The minimum Gasteiger partial charge on any atom is -0.497 e. The molecule has 0 radical (unpaired) electrons. The lowest BCUT2D eigenvalue weighted by atomic mass is 9.73. The Morgan fingerprint density at radius 2 is 0.879 bits per heavy atom. The quantitative estimate of drug-likeness (QED) is 0.0798. The maximum atomic E-state index is 10.8. The number of aliphatic hydroxyl groups is 3. The van der Waals surface area contributed by atoms with Crippen LogP contribution < -0.4 is 25.7 Å². The third-order valence-corrected chi connectivity index (χ3v) is 13.5. The van der Waals surface area contributed by atoms with Gasteiger partial charge in [-0.15, -0.1) is 12.4 Å². The molecule has 3 saturated carbocycles. The van der Waals surface area contributed by atoms with Crippen molar-refractivity contribution in [1.29, 1.82) is 10.5 Å². The van der Waals surface area contributed by atoms with E-state index in [1.54, 1.807) is 33.5 Å². The lowest BCUT2D eigenvalue weighted by Gasteiger charge is -2.39. The summed E-state index contributed by atoms with van der Waals surface area (Å²) in [6.07, 6.45) is 16.0. The Morgan fingerprint density at radius 1 is 0.545 bits per heavy atom. The van der Waals surface area contributed by atoms with Crippen LogP contribution in [0.15, 0.2) is 97.1 Å². The predicted octanol–water partition coefficient (Wildman–Crippen LogP) is 9.85. The molecule has 0 spiro atoms. The topological polar surface area (TPSA) is 205 Å². The molecule has 0 aliphatic heterocycles. The summed E-state index contributed by atoms with van der Waals surface area (Å²) in [7, 11) is 4.90. The highest BCUT2D eigenvalue weighted by molar-refractivity contribution is 5.85. The van der Waals surface area contributed by atoms with Crippen LogP contribution in [-0.2, 0) is 6.42 Å². The van der Waals surface area contributed by atoms with E-state index in [1.807, 2.05) is 84.9 Å². The Bertz CT molecular complexity index is 2050. The van der Waals surface area contributed by atoms with Gasteiger partial charge in [0.05, 0.1) is 62.6 Å². The second-order valence-electron chi connectivity index (χ2n) is 17.6. The van der Waals surface area contributed by atoms with E-state index < -0.39 is 22.7 Å². The van der Waals surface area contributed by atoms with Gasteiger partial charge < -0.3 is 41.0 Å². The van der Waals surface area contributed by atoms with Crippen molar-refractivity contribution < 1.29 is 34.3 Å². The molecular weight excluding hydrogens is 852 g/mol. The third kappa shape index (κ3) is 15.8. The van der Waals surface area contributed by atoms with E-state index in [0.717, 1.165) is 129 Å². The monoisotopic (exact) mass is 925 g/mol. The van der Waals surface area contributed by atoms with Gasteiger partial charge in [-0.2, -0.15) is 10.5 Å². The summed E-state index contributed by atoms with van der Waals surface area (Å²) in [5.74, 6) is 1.99. The van der Waals surface area contributed by atoms with Crippen LogP contribution in [0.2, 0.25) is 0 Å². The molecule has 7 N–H and O–H groups in total. The lowest BCUT2D eigenvalue weighted by molar-refractivity contribution is -0.0197. The Balaban J connectivity index is 0.000000236. The standard InChI is InChI=1S/C15H23NO2.C15H19NO2.C15H21NO2.C9H9NO.ClH/c2*1-18-13-7-5-12(6-8-13)14(11-16)15(17)9-3-2-4-10-15;16-10-14(15(18)8-2-1-3-9-15)13-6-4-12(11-17)5-7-13;1-11-9-4-2-8(3-5-9)6-7-10;/h5-8,14,17H,2-4,9-11,16H2,1H3;5-8,14,17H,2-4,9-10H2,1H3;4-7,11,14,18H,1-3,8-10,16H2;2-5H,6H2,1H3;1H. The van der Waals surface area contributed by atoms with E-state index >= 15 is 0 Å². The van der Waals surface area contributed by atoms with E-state index in [0.29, 0.717) is 25.1 Å². The first kappa shape index (κ1) is 55.3. The Labute approximate surface area is 399 Å². The average molecular weight is 926 g/mol. The summed E-state index contributed by atoms with van der Waals surface area (Å²) >= 11 is 0. The number of benzene rings is 4. The van der Waals surface area contributed by atoms with Gasteiger partial charge in [-0.05, 0) is 97.2 Å². The molecule has 3 aliphatic rings. The highest BCUT2D eigenvalue weighted by Gasteiger charge is 2.40. The van der Waals surface area contributed by atoms with Gasteiger partial charge in [0.15, 0.2) is 0 Å². The number of nitrogens with zero attached hydrogens (tertiary/aromatic N) is 2. The molecule has 3 atom stereocenters. The SMILES string of the molecule is COc1ccc(C(C#N)C2(O)CCCCC2)cc1.COc1ccc(C(CN)C2(O)CCCCC2)cc1.COc1ccc(CC#N)cc1.Cl.NCC(c1ccc(C=O)cc1)C1(O)CCCCC1. The number of aldehydes is 1. The van der Waals surface area contributed by atoms with E-state index in [2.05, 4.69) is 12.1 Å². The number of carbonyl (C=O) groups is 1. The van der Waals surface area contributed by atoms with E-state index in [4.69, 9.17) is 30.9 Å². The molecule has 358 valence electrons. The number of rotatable bonds is 13. The summed E-state index contributed by atoms with van der Waals surface area (Å²) in [5.41, 5.74) is 14.3. The van der Waals surface area contributed by atoms with Gasteiger partial charge in [-0.25, -0.2) is 0 Å². The van der Waals surface area contributed by atoms with Crippen LogP contribution in [0, 0.1) is 22.7 Å². The molecule has 0 saturated heterocycles. The number of halogens is 1. The van der Waals surface area contributed by atoms with Crippen molar-refractivity contribution in [2.24, 2.45) is 11.5 Å². The molecule has 12 heteroatoms. The van der Waals surface area contributed by atoms with Gasteiger partial charge >= 0.3 is 0 Å². The Morgan fingerprint density at radius 3 is 1.20 bits per heavy atom. The van der Waals surface area contributed by atoms with Crippen molar-refractivity contribution in [2.75, 3.05) is 34.4 Å². The smallest absolute Gasteiger partial charge is 0.150 e. The first-order chi connectivity index (χ1) is 31.4. The zero-order valence-corrected chi connectivity index (χ0v) is 40.0. The molecule has 11 nitrogen and oxygen atoms in total. The third-order valence-electron chi connectivity index (χ3n) is 13.5. The van der Waals surface area contributed by atoms with Crippen molar-refractivity contribution in [3.8, 4) is 29.4 Å². The summed E-state index contributed by atoms with van der Waals surface area (Å²) in [6.45, 7) is 0.930. The Kier molecular flexibility index (Phi) is 23.7. The largest absolute Gasteiger partial charge is 0.497 e. The van der Waals surface area contributed by atoms with E-state index in [1.165, 1.54) is 12.8 Å². The van der Waals surface area contributed by atoms with Crippen molar-refractivity contribution in [1.82, 2.24) is 0 Å². The fourth-order valence-corrected chi connectivity index (χ4v) is 9.59. The van der Waals surface area contributed by atoms with Crippen LogP contribution in [0.3, 0.4) is 0 Å². The molecule has 3 unspecified atom stereocenters. The molecule has 3 aliphatic carbocycles. The summed E-state index contributed by atoms with van der Waals surface area (Å²) in [5, 5.41) is 50.0. The second-order valence-corrected chi connectivity index (χ2v) is 17.6.